The van der Waals surface area contributed by atoms with E-state index in [0.717, 1.165) is 57.2 Å². The molecule has 2 aliphatic rings. The molecule has 1 aromatic heterocycles. The van der Waals surface area contributed by atoms with Crippen molar-refractivity contribution >= 4 is 11.8 Å². The first-order valence-electron chi connectivity index (χ1n) is 9.16. The van der Waals surface area contributed by atoms with Gasteiger partial charge in [-0.25, -0.2) is 9.37 Å². The van der Waals surface area contributed by atoms with Crippen LogP contribution in [0.25, 0.3) is 0 Å². The molecule has 1 atom stereocenters. The van der Waals surface area contributed by atoms with E-state index < -0.39 is 0 Å². The summed E-state index contributed by atoms with van der Waals surface area (Å²) >= 11 is 0. The van der Waals surface area contributed by atoms with Gasteiger partial charge in [-0.2, -0.15) is 4.98 Å². The molecule has 0 bridgehead atoms. The minimum absolute atomic E-state index is 0.134. The van der Waals surface area contributed by atoms with Gasteiger partial charge in [0.2, 0.25) is 5.95 Å². The molecule has 2 saturated heterocycles. The van der Waals surface area contributed by atoms with Crippen molar-refractivity contribution in [3.63, 3.8) is 0 Å². The molecule has 0 spiro atoms. The number of ether oxygens (including phenoxy) is 1. The van der Waals surface area contributed by atoms with Crippen molar-refractivity contribution in [3.8, 4) is 0 Å². The van der Waals surface area contributed by atoms with E-state index in [2.05, 4.69) is 25.1 Å². The minimum Gasteiger partial charge on any atom is -0.378 e. The van der Waals surface area contributed by atoms with Gasteiger partial charge >= 0.3 is 0 Å². The van der Waals surface area contributed by atoms with E-state index in [9.17, 15) is 4.39 Å². The van der Waals surface area contributed by atoms with E-state index in [1.165, 1.54) is 6.07 Å². The first-order chi connectivity index (χ1) is 12.8. The van der Waals surface area contributed by atoms with E-state index in [4.69, 9.17) is 4.74 Å². The number of halogens is 1. The lowest BCUT2D eigenvalue weighted by Gasteiger charge is -2.28. The lowest BCUT2D eigenvalue weighted by molar-refractivity contribution is 0.122. The van der Waals surface area contributed by atoms with E-state index >= 15 is 0 Å². The topological polar surface area (TPSA) is 53.5 Å². The van der Waals surface area contributed by atoms with Gasteiger partial charge < -0.3 is 15.0 Å². The molecule has 1 aromatic carbocycles. The molecule has 138 valence electrons. The molecular weight excluding hydrogens is 333 g/mol. The summed E-state index contributed by atoms with van der Waals surface area (Å²) in [4.78, 5) is 13.5. The third kappa shape index (κ3) is 4.11. The van der Waals surface area contributed by atoms with Gasteiger partial charge in [0.25, 0.3) is 0 Å². The highest BCUT2D eigenvalue weighted by molar-refractivity contribution is 5.43. The molecule has 26 heavy (non-hydrogen) atoms. The van der Waals surface area contributed by atoms with Crippen molar-refractivity contribution in [1.29, 1.82) is 0 Å². The Labute approximate surface area is 153 Å². The Morgan fingerprint density at radius 3 is 2.85 bits per heavy atom. The molecule has 6 nitrogen and oxygen atoms in total. The van der Waals surface area contributed by atoms with Crippen molar-refractivity contribution in [1.82, 2.24) is 14.9 Å². The van der Waals surface area contributed by atoms with Gasteiger partial charge in [-0.1, -0.05) is 18.2 Å². The standard InChI is InChI=1S/C19H24FN5O/c20-17-4-2-1-3-15(17)13-24-8-6-16(14-24)22-19-21-7-5-18(23-19)25-9-11-26-12-10-25/h1-5,7,16H,6,8-14H2,(H,21,22,23). The fraction of sp³-hybridized carbons (Fsp3) is 0.474. The Hall–Kier alpha value is -2.25. The van der Waals surface area contributed by atoms with Crippen molar-refractivity contribution in [2.24, 2.45) is 0 Å². The number of anilines is 2. The third-order valence-electron chi connectivity index (χ3n) is 4.93. The molecule has 1 N–H and O–H groups in total. The van der Waals surface area contributed by atoms with Crippen LogP contribution in [0.2, 0.25) is 0 Å². The average Bonchev–Trinajstić information content (AvgIpc) is 3.11. The third-order valence-corrected chi connectivity index (χ3v) is 4.93. The Bertz CT molecular complexity index is 737. The molecule has 2 fully saturated rings. The number of benzene rings is 1. The fourth-order valence-corrected chi connectivity index (χ4v) is 3.53. The monoisotopic (exact) mass is 357 g/mol. The molecule has 7 heteroatoms. The summed E-state index contributed by atoms with van der Waals surface area (Å²) in [5, 5.41) is 3.44. The van der Waals surface area contributed by atoms with Crippen LogP contribution in [-0.2, 0) is 11.3 Å². The largest absolute Gasteiger partial charge is 0.378 e. The summed E-state index contributed by atoms with van der Waals surface area (Å²) in [6, 6.07) is 9.20. The zero-order valence-electron chi connectivity index (χ0n) is 14.8. The molecule has 1 unspecified atom stereocenters. The van der Waals surface area contributed by atoms with Crippen LogP contribution in [0, 0.1) is 5.82 Å². The second-order valence-electron chi connectivity index (χ2n) is 6.79. The number of nitrogens with one attached hydrogen (secondary N) is 1. The predicted molar refractivity (Wildman–Crippen MR) is 98.8 cm³/mol. The summed E-state index contributed by atoms with van der Waals surface area (Å²) in [6.07, 6.45) is 2.80. The van der Waals surface area contributed by atoms with Gasteiger partial charge in [-0.05, 0) is 18.6 Å². The van der Waals surface area contributed by atoms with E-state index in [1.54, 1.807) is 12.3 Å². The Morgan fingerprint density at radius 2 is 2.00 bits per heavy atom. The lowest BCUT2D eigenvalue weighted by atomic mass is 10.2. The highest BCUT2D eigenvalue weighted by Gasteiger charge is 2.24. The number of nitrogens with zero attached hydrogens (tertiary/aromatic N) is 4. The van der Waals surface area contributed by atoms with Crippen LogP contribution in [0.4, 0.5) is 16.2 Å². The van der Waals surface area contributed by atoms with Crippen LogP contribution < -0.4 is 10.2 Å². The number of likely N-dealkylation sites (tertiary alicyclic amines) is 1. The lowest BCUT2D eigenvalue weighted by Crippen LogP contribution is -2.37. The van der Waals surface area contributed by atoms with Gasteiger partial charge in [0.05, 0.1) is 13.2 Å². The highest BCUT2D eigenvalue weighted by atomic mass is 19.1. The zero-order valence-corrected chi connectivity index (χ0v) is 14.8. The maximum Gasteiger partial charge on any atom is 0.224 e. The van der Waals surface area contributed by atoms with Crippen LogP contribution in [0.3, 0.4) is 0 Å². The normalized spacial score (nSPS) is 21.1. The summed E-state index contributed by atoms with van der Waals surface area (Å²) in [7, 11) is 0. The van der Waals surface area contributed by atoms with Gasteiger partial charge in [0, 0.05) is 50.5 Å². The zero-order chi connectivity index (χ0) is 17.8. The van der Waals surface area contributed by atoms with Crippen LogP contribution in [0.15, 0.2) is 36.5 Å². The smallest absolute Gasteiger partial charge is 0.224 e. The maximum atomic E-state index is 13.8. The van der Waals surface area contributed by atoms with Crippen LogP contribution in [-0.4, -0.2) is 60.3 Å². The second kappa shape index (κ2) is 7.97. The van der Waals surface area contributed by atoms with Gasteiger partial charge in [0.15, 0.2) is 0 Å². The summed E-state index contributed by atoms with van der Waals surface area (Å²) < 4.78 is 19.2. The predicted octanol–water partition coefficient (Wildman–Crippen LogP) is 2.14. The minimum atomic E-state index is -0.134. The number of morpholine rings is 1. The fourth-order valence-electron chi connectivity index (χ4n) is 3.53. The molecular formula is C19H24FN5O. The molecule has 0 saturated carbocycles. The van der Waals surface area contributed by atoms with Crippen molar-refractivity contribution in [3.05, 3.63) is 47.9 Å². The molecule has 4 rings (SSSR count). The van der Waals surface area contributed by atoms with Crippen LogP contribution in [0.1, 0.15) is 12.0 Å². The Balaban J connectivity index is 1.34. The Kier molecular flexibility index (Phi) is 5.26. The van der Waals surface area contributed by atoms with Crippen LogP contribution in [0.5, 0.6) is 0 Å². The molecule has 2 aliphatic heterocycles. The van der Waals surface area contributed by atoms with Crippen LogP contribution >= 0.6 is 0 Å². The number of hydrogen-bond acceptors (Lipinski definition) is 6. The molecule has 0 aliphatic carbocycles. The van der Waals surface area contributed by atoms with Crippen molar-refractivity contribution in [2.45, 2.75) is 19.0 Å². The average molecular weight is 357 g/mol. The SMILES string of the molecule is Fc1ccccc1CN1CCC(Nc2nccc(N3CCOCC3)n2)C1. The number of rotatable bonds is 5. The highest BCUT2D eigenvalue weighted by Crippen LogP contribution is 2.19. The van der Waals surface area contributed by atoms with Gasteiger partial charge in [0.1, 0.15) is 11.6 Å². The molecule has 0 radical (unpaired) electrons. The molecule has 3 heterocycles. The molecule has 2 aromatic rings. The van der Waals surface area contributed by atoms with Gasteiger partial charge in [-0.3, -0.25) is 4.90 Å². The molecule has 0 amide bonds. The second-order valence-corrected chi connectivity index (χ2v) is 6.79. The van der Waals surface area contributed by atoms with Gasteiger partial charge in [-0.15, -0.1) is 0 Å². The van der Waals surface area contributed by atoms with Crippen molar-refractivity contribution < 1.29 is 9.13 Å². The summed E-state index contributed by atoms with van der Waals surface area (Å²) in [6.45, 7) is 5.63. The van der Waals surface area contributed by atoms with E-state index in [0.29, 0.717) is 12.5 Å². The quantitative estimate of drug-likeness (QED) is 0.885. The van der Waals surface area contributed by atoms with Crippen molar-refractivity contribution in [2.75, 3.05) is 49.6 Å². The number of aromatic nitrogens is 2. The van der Waals surface area contributed by atoms with E-state index in [1.807, 2.05) is 18.2 Å². The Morgan fingerprint density at radius 1 is 1.15 bits per heavy atom. The number of hydrogen-bond donors (Lipinski definition) is 1. The first-order valence-corrected chi connectivity index (χ1v) is 9.16. The maximum absolute atomic E-state index is 13.8. The summed E-state index contributed by atoms with van der Waals surface area (Å²) in [5.74, 6) is 1.46. The first kappa shape index (κ1) is 17.2. The van der Waals surface area contributed by atoms with E-state index in [-0.39, 0.29) is 11.9 Å². The summed E-state index contributed by atoms with van der Waals surface area (Å²) in [5.41, 5.74) is 0.749.